The molecule has 2 aromatic carbocycles. The fourth-order valence-corrected chi connectivity index (χ4v) is 2.81. The molecular weight excluding hydrogens is 396 g/mol. The maximum Gasteiger partial charge on any atom is 0.279 e. The van der Waals surface area contributed by atoms with Crippen molar-refractivity contribution in [3.8, 4) is 17.2 Å². The lowest BCUT2D eigenvalue weighted by molar-refractivity contribution is 0.100. The van der Waals surface area contributed by atoms with E-state index in [9.17, 15) is 9.70 Å². The van der Waals surface area contributed by atoms with Gasteiger partial charge in [-0.1, -0.05) is 18.2 Å². The topological polar surface area (TPSA) is 115 Å². The number of rotatable bonds is 10. The molecular formula is C23H28N4O4. The van der Waals surface area contributed by atoms with Crippen LogP contribution in [0.25, 0.3) is 0 Å². The van der Waals surface area contributed by atoms with Crippen molar-refractivity contribution in [1.82, 2.24) is 5.32 Å². The average molecular weight is 425 g/mol. The molecule has 0 aliphatic heterocycles. The first-order valence-corrected chi connectivity index (χ1v) is 9.96. The molecule has 1 unspecified atom stereocenters. The van der Waals surface area contributed by atoms with Crippen LogP contribution >= 0.6 is 0 Å². The van der Waals surface area contributed by atoms with Gasteiger partial charge in [-0.05, 0) is 67.9 Å². The monoisotopic (exact) mass is 424 g/mol. The Kier molecular flexibility index (Phi) is 8.75. The van der Waals surface area contributed by atoms with Gasteiger partial charge in [0, 0.05) is 18.7 Å². The van der Waals surface area contributed by atoms with Crippen molar-refractivity contribution in [2.45, 2.75) is 33.3 Å². The summed E-state index contributed by atoms with van der Waals surface area (Å²) in [6, 6.07) is 10.6. The van der Waals surface area contributed by atoms with E-state index >= 15 is 0 Å². The van der Waals surface area contributed by atoms with Gasteiger partial charge >= 0.3 is 0 Å². The molecule has 0 aromatic heterocycles. The molecule has 2 rings (SSSR count). The summed E-state index contributed by atoms with van der Waals surface area (Å²) in [6.07, 6.45) is 3.46. The first-order chi connectivity index (χ1) is 14.9. The van der Waals surface area contributed by atoms with Gasteiger partial charge in [0.2, 0.25) is 0 Å². The lowest BCUT2D eigenvalue weighted by Crippen LogP contribution is -2.16. The van der Waals surface area contributed by atoms with Crippen LogP contribution in [0.5, 0.6) is 17.2 Å². The van der Waals surface area contributed by atoms with Gasteiger partial charge < -0.3 is 20.5 Å². The number of nitroso groups, excluding NO2 is 1. The van der Waals surface area contributed by atoms with Gasteiger partial charge in [0.25, 0.3) is 5.91 Å². The molecule has 0 saturated heterocycles. The number of hydrogen-bond donors (Lipinski definition) is 2. The second-order valence-corrected chi connectivity index (χ2v) is 6.94. The highest BCUT2D eigenvalue weighted by atomic mass is 16.5. The average Bonchev–Trinajstić information content (AvgIpc) is 2.73. The Bertz CT molecular complexity index is 986. The van der Waals surface area contributed by atoms with Crippen LogP contribution in [0.3, 0.4) is 0 Å². The molecule has 0 aliphatic rings. The molecule has 1 amide bonds. The number of ether oxygens (including phenoxy) is 2. The van der Waals surface area contributed by atoms with E-state index in [2.05, 4.69) is 22.4 Å². The zero-order valence-corrected chi connectivity index (χ0v) is 18.2. The Morgan fingerprint density at radius 3 is 2.61 bits per heavy atom. The summed E-state index contributed by atoms with van der Waals surface area (Å²) in [5.74, 6) is 0.906. The van der Waals surface area contributed by atoms with E-state index in [4.69, 9.17) is 15.2 Å². The lowest BCUT2D eigenvalue weighted by atomic mass is 10.1. The Hall–Kier alpha value is -3.68. The predicted molar refractivity (Wildman–Crippen MR) is 122 cm³/mol. The number of benzene rings is 2. The zero-order chi connectivity index (χ0) is 22.8. The van der Waals surface area contributed by atoms with E-state index < -0.39 is 12.0 Å². The van der Waals surface area contributed by atoms with E-state index in [0.29, 0.717) is 17.2 Å². The molecule has 31 heavy (non-hydrogen) atoms. The summed E-state index contributed by atoms with van der Waals surface area (Å²) in [5.41, 5.74) is 8.34. The van der Waals surface area contributed by atoms with E-state index in [1.807, 2.05) is 25.1 Å². The number of nitrogens with two attached hydrogens (primary N) is 1. The molecule has 0 bridgehead atoms. The Labute approximate surface area is 182 Å². The number of nitrogens with zero attached hydrogens (tertiary/aromatic N) is 2. The van der Waals surface area contributed by atoms with Crippen molar-refractivity contribution in [3.63, 3.8) is 0 Å². The maximum atomic E-state index is 12.6. The van der Waals surface area contributed by atoms with Crippen LogP contribution in [0.15, 0.2) is 58.8 Å². The maximum absolute atomic E-state index is 12.6. The normalized spacial score (nSPS) is 12.5. The molecule has 0 saturated carbocycles. The highest BCUT2D eigenvalue weighted by Crippen LogP contribution is 2.30. The van der Waals surface area contributed by atoms with E-state index in [0.717, 1.165) is 6.42 Å². The minimum Gasteiger partial charge on any atom is -0.488 e. The molecule has 0 spiro atoms. The number of nitrogens with one attached hydrogen (secondary N) is 1. The quantitative estimate of drug-likeness (QED) is 0.337. The van der Waals surface area contributed by atoms with E-state index in [-0.39, 0.29) is 17.9 Å². The summed E-state index contributed by atoms with van der Waals surface area (Å²) in [6.45, 7) is 5.81. The summed E-state index contributed by atoms with van der Waals surface area (Å²) in [4.78, 5) is 27.0. The van der Waals surface area contributed by atoms with Gasteiger partial charge in [0.15, 0.2) is 0 Å². The largest absolute Gasteiger partial charge is 0.488 e. The first-order valence-electron chi connectivity index (χ1n) is 9.96. The van der Waals surface area contributed by atoms with Gasteiger partial charge in [-0.3, -0.25) is 4.79 Å². The molecule has 0 heterocycles. The second kappa shape index (κ2) is 11.5. The summed E-state index contributed by atoms with van der Waals surface area (Å²) >= 11 is 0. The molecule has 2 aromatic rings. The van der Waals surface area contributed by atoms with E-state index in [1.165, 1.54) is 23.3 Å². The van der Waals surface area contributed by atoms with E-state index in [1.54, 1.807) is 32.3 Å². The van der Waals surface area contributed by atoms with Gasteiger partial charge in [0.1, 0.15) is 35.7 Å². The number of hydrogen-bond acceptors (Lipinski definition) is 6. The molecule has 3 N–H and O–H groups in total. The second-order valence-electron chi connectivity index (χ2n) is 6.94. The van der Waals surface area contributed by atoms with Crippen LogP contribution in [-0.2, 0) is 6.42 Å². The summed E-state index contributed by atoms with van der Waals surface area (Å²) < 4.78 is 11.7. The highest BCUT2D eigenvalue weighted by molar-refractivity contribution is 6.06. The smallest absolute Gasteiger partial charge is 0.279 e. The SMILES string of the molecule is CCc1cc(Oc2cc(OC(C)CN=O)cc(C(=O)N=C(N)/C=C\NC)c2)ccc1C. The summed E-state index contributed by atoms with van der Waals surface area (Å²) in [5, 5.41) is 5.63. The first kappa shape index (κ1) is 23.6. The molecule has 0 aliphatic carbocycles. The van der Waals surface area contributed by atoms with Crippen molar-refractivity contribution in [3.05, 3.63) is 70.3 Å². The number of aliphatic imine (C=N–C) groups is 1. The minimum atomic E-state index is -0.548. The van der Waals surface area contributed by atoms with Crippen LogP contribution in [0.1, 0.15) is 35.3 Å². The Morgan fingerprint density at radius 2 is 1.94 bits per heavy atom. The molecule has 8 heteroatoms. The fourth-order valence-electron chi connectivity index (χ4n) is 2.81. The van der Waals surface area contributed by atoms with Crippen LogP contribution in [-0.4, -0.2) is 31.4 Å². The standard InChI is InChI=1S/C23H28N4O4/c1-5-17-10-19(7-6-15(17)2)31-21-12-18(23(28)27-22(24)8-9-25-4)11-20(13-21)30-16(3)14-26-29/h6-13,16,25H,5,14H2,1-4H3,(H2,24,27,28)/b9-8-. The number of carbonyl (C=O) groups is 1. The van der Waals surface area contributed by atoms with Gasteiger partial charge in [-0.15, -0.1) is 0 Å². The Balaban J connectivity index is 2.39. The third-order valence-electron chi connectivity index (χ3n) is 4.38. The van der Waals surface area contributed by atoms with Gasteiger partial charge in [0.05, 0.1) is 0 Å². The number of aryl methyl sites for hydroxylation is 2. The van der Waals surface area contributed by atoms with Crippen LogP contribution in [0.2, 0.25) is 0 Å². The number of amides is 1. The minimum absolute atomic E-state index is 0.0217. The molecule has 164 valence electrons. The van der Waals surface area contributed by atoms with Crippen LogP contribution in [0.4, 0.5) is 0 Å². The van der Waals surface area contributed by atoms with Crippen molar-refractivity contribution in [2.24, 2.45) is 15.9 Å². The zero-order valence-electron chi connectivity index (χ0n) is 18.2. The van der Waals surface area contributed by atoms with Crippen molar-refractivity contribution >= 4 is 11.7 Å². The Morgan fingerprint density at radius 1 is 1.19 bits per heavy atom. The third kappa shape index (κ3) is 7.26. The lowest BCUT2D eigenvalue weighted by Gasteiger charge is -2.15. The van der Waals surface area contributed by atoms with Crippen molar-refractivity contribution < 1.29 is 14.3 Å². The molecule has 1 atom stereocenters. The van der Waals surface area contributed by atoms with Gasteiger partial charge in [-0.2, -0.15) is 9.90 Å². The number of amidine groups is 1. The van der Waals surface area contributed by atoms with Crippen LogP contribution in [0, 0.1) is 11.8 Å². The summed E-state index contributed by atoms with van der Waals surface area (Å²) in [7, 11) is 1.71. The van der Waals surface area contributed by atoms with Crippen LogP contribution < -0.4 is 20.5 Å². The predicted octanol–water partition coefficient (Wildman–Crippen LogP) is 4.11. The van der Waals surface area contributed by atoms with Crippen molar-refractivity contribution in [2.75, 3.05) is 13.6 Å². The fraction of sp³-hybridized carbons (Fsp3) is 0.304. The van der Waals surface area contributed by atoms with Gasteiger partial charge in [-0.25, -0.2) is 0 Å². The number of carbonyl (C=O) groups excluding carboxylic acids is 1. The van der Waals surface area contributed by atoms with Crippen molar-refractivity contribution in [1.29, 1.82) is 0 Å². The molecule has 8 nitrogen and oxygen atoms in total. The third-order valence-corrected chi connectivity index (χ3v) is 4.38. The molecule has 0 fully saturated rings. The molecule has 0 radical (unpaired) electrons. The highest BCUT2D eigenvalue weighted by Gasteiger charge is 2.13.